The zero-order chi connectivity index (χ0) is 13.0. The highest BCUT2D eigenvalue weighted by molar-refractivity contribution is 7.05. The Hall–Kier alpha value is -1.38. The molecule has 18 heavy (non-hydrogen) atoms. The molecule has 7 nitrogen and oxygen atoms in total. The first kappa shape index (κ1) is 13.1. The third kappa shape index (κ3) is 3.09. The molecular formula is C10H17N7S. The zero-order valence-electron chi connectivity index (χ0n) is 10.4. The SMILES string of the molecule is CC(C)Cn1ncnc1CC(NN)c1cnns1. The van der Waals surface area contributed by atoms with Crippen molar-refractivity contribution in [2.24, 2.45) is 11.8 Å². The monoisotopic (exact) mass is 267 g/mol. The van der Waals surface area contributed by atoms with E-state index in [1.165, 1.54) is 11.5 Å². The maximum atomic E-state index is 5.58. The van der Waals surface area contributed by atoms with Crippen molar-refractivity contribution in [1.82, 2.24) is 29.8 Å². The Balaban J connectivity index is 2.10. The van der Waals surface area contributed by atoms with Gasteiger partial charge in [0.1, 0.15) is 12.2 Å². The number of hydrazine groups is 1. The summed E-state index contributed by atoms with van der Waals surface area (Å²) < 4.78 is 5.76. The van der Waals surface area contributed by atoms with E-state index in [2.05, 4.69) is 38.9 Å². The number of nitrogens with two attached hydrogens (primary N) is 1. The summed E-state index contributed by atoms with van der Waals surface area (Å²) in [6, 6.07) is -0.0277. The van der Waals surface area contributed by atoms with Gasteiger partial charge in [0.25, 0.3) is 0 Å². The average molecular weight is 267 g/mol. The lowest BCUT2D eigenvalue weighted by atomic mass is 10.1. The van der Waals surface area contributed by atoms with E-state index >= 15 is 0 Å². The lowest BCUT2D eigenvalue weighted by Crippen LogP contribution is -2.30. The Morgan fingerprint density at radius 1 is 1.50 bits per heavy atom. The van der Waals surface area contributed by atoms with E-state index in [4.69, 9.17) is 5.84 Å². The predicted molar refractivity (Wildman–Crippen MR) is 68.5 cm³/mol. The molecule has 0 bridgehead atoms. The number of nitrogens with zero attached hydrogens (tertiary/aromatic N) is 5. The van der Waals surface area contributed by atoms with Crippen molar-refractivity contribution in [1.29, 1.82) is 0 Å². The molecule has 0 aromatic carbocycles. The van der Waals surface area contributed by atoms with E-state index in [-0.39, 0.29) is 6.04 Å². The number of rotatable bonds is 6. The minimum Gasteiger partial charge on any atom is -0.271 e. The lowest BCUT2D eigenvalue weighted by molar-refractivity contribution is 0.448. The molecule has 0 aliphatic heterocycles. The van der Waals surface area contributed by atoms with Gasteiger partial charge >= 0.3 is 0 Å². The van der Waals surface area contributed by atoms with Gasteiger partial charge in [-0.3, -0.25) is 11.3 Å². The highest BCUT2D eigenvalue weighted by Gasteiger charge is 2.17. The summed E-state index contributed by atoms with van der Waals surface area (Å²) >= 11 is 1.34. The zero-order valence-corrected chi connectivity index (χ0v) is 11.3. The lowest BCUT2D eigenvalue weighted by Gasteiger charge is -2.14. The molecule has 98 valence electrons. The van der Waals surface area contributed by atoms with Crippen molar-refractivity contribution in [3.63, 3.8) is 0 Å². The Kier molecular flexibility index (Phi) is 4.34. The molecule has 0 saturated heterocycles. The summed E-state index contributed by atoms with van der Waals surface area (Å²) in [7, 11) is 0. The first-order chi connectivity index (χ1) is 8.70. The second-order valence-electron chi connectivity index (χ2n) is 4.50. The van der Waals surface area contributed by atoms with Gasteiger partial charge in [-0.2, -0.15) is 5.10 Å². The van der Waals surface area contributed by atoms with Crippen molar-refractivity contribution in [2.45, 2.75) is 32.9 Å². The van der Waals surface area contributed by atoms with Gasteiger partial charge in [0.05, 0.1) is 17.1 Å². The van der Waals surface area contributed by atoms with Gasteiger partial charge < -0.3 is 0 Å². The van der Waals surface area contributed by atoms with Crippen LogP contribution in [0.2, 0.25) is 0 Å². The summed E-state index contributed by atoms with van der Waals surface area (Å²) in [4.78, 5) is 5.28. The van der Waals surface area contributed by atoms with Gasteiger partial charge in [0.2, 0.25) is 0 Å². The Bertz CT molecular complexity index is 464. The van der Waals surface area contributed by atoms with Gasteiger partial charge in [-0.25, -0.2) is 9.67 Å². The highest BCUT2D eigenvalue weighted by atomic mass is 32.1. The van der Waals surface area contributed by atoms with Gasteiger partial charge in [0.15, 0.2) is 0 Å². The molecule has 0 saturated carbocycles. The Labute approximate surface area is 110 Å². The van der Waals surface area contributed by atoms with Crippen LogP contribution < -0.4 is 11.3 Å². The van der Waals surface area contributed by atoms with Crippen LogP contribution in [0.5, 0.6) is 0 Å². The second kappa shape index (κ2) is 5.98. The summed E-state index contributed by atoms with van der Waals surface area (Å²) in [5, 5.41) is 8.06. The Morgan fingerprint density at radius 3 is 2.94 bits per heavy atom. The van der Waals surface area contributed by atoms with Crippen LogP contribution in [0.1, 0.15) is 30.6 Å². The quantitative estimate of drug-likeness (QED) is 0.586. The van der Waals surface area contributed by atoms with Gasteiger partial charge in [0, 0.05) is 13.0 Å². The van der Waals surface area contributed by atoms with E-state index in [0.717, 1.165) is 17.2 Å². The first-order valence-electron chi connectivity index (χ1n) is 5.80. The molecule has 0 radical (unpaired) electrons. The third-order valence-corrected chi connectivity index (χ3v) is 3.32. The molecule has 2 aromatic heterocycles. The van der Waals surface area contributed by atoms with Crippen molar-refractivity contribution in [2.75, 3.05) is 0 Å². The molecule has 1 unspecified atom stereocenters. The summed E-state index contributed by atoms with van der Waals surface area (Å²) in [5.74, 6) is 7.02. The largest absolute Gasteiger partial charge is 0.271 e. The van der Waals surface area contributed by atoms with Gasteiger partial charge in [-0.15, -0.1) is 5.10 Å². The van der Waals surface area contributed by atoms with Crippen LogP contribution in [0.4, 0.5) is 0 Å². The minimum atomic E-state index is -0.0277. The third-order valence-electron chi connectivity index (χ3n) is 2.54. The molecule has 0 aliphatic rings. The smallest absolute Gasteiger partial charge is 0.138 e. The minimum absolute atomic E-state index is 0.0277. The fourth-order valence-corrected chi connectivity index (χ4v) is 2.26. The van der Waals surface area contributed by atoms with Crippen molar-refractivity contribution < 1.29 is 0 Å². The molecule has 2 aromatic rings. The van der Waals surface area contributed by atoms with Crippen molar-refractivity contribution in [3.8, 4) is 0 Å². The fourth-order valence-electron chi connectivity index (χ4n) is 1.70. The van der Waals surface area contributed by atoms with Gasteiger partial charge in [-0.1, -0.05) is 18.3 Å². The maximum Gasteiger partial charge on any atom is 0.138 e. The molecule has 1 atom stereocenters. The summed E-state index contributed by atoms with van der Waals surface area (Å²) in [5.41, 5.74) is 2.77. The van der Waals surface area contributed by atoms with Crippen LogP contribution in [0, 0.1) is 5.92 Å². The normalized spacial score (nSPS) is 13.1. The molecule has 0 amide bonds. The van der Waals surface area contributed by atoms with Gasteiger partial charge in [-0.05, 0) is 17.5 Å². The van der Waals surface area contributed by atoms with Crippen LogP contribution >= 0.6 is 11.5 Å². The molecule has 3 N–H and O–H groups in total. The predicted octanol–water partition coefficient (Wildman–Crippen LogP) is 0.533. The number of aromatic nitrogens is 5. The molecule has 8 heteroatoms. The number of nitrogens with one attached hydrogen (secondary N) is 1. The maximum absolute atomic E-state index is 5.58. The van der Waals surface area contributed by atoms with E-state index in [1.54, 1.807) is 12.5 Å². The summed E-state index contributed by atoms with van der Waals surface area (Å²) in [6.45, 7) is 5.15. The molecular weight excluding hydrogens is 250 g/mol. The number of hydrogen-bond donors (Lipinski definition) is 2. The second-order valence-corrected chi connectivity index (χ2v) is 5.31. The molecule has 0 spiro atoms. The van der Waals surface area contributed by atoms with E-state index in [0.29, 0.717) is 12.3 Å². The van der Waals surface area contributed by atoms with Crippen LogP contribution in [0.15, 0.2) is 12.5 Å². The first-order valence-corrected chi connectivity index (χ1v) is 6.58. The summed E-state index contributed by atoms with van der Waals surface area (Å²) in [6.07, 6.45) is 3.97. The molecule has 2 rings (SSSR count). The van der Waals surface area contributed by atoms with Crippen LogP contribution in [-0.2, 0) is 13.0 Å². The number of hydrogen-bond acceptors (Lipinski definition) is 7. The van der Waals surface area contributed by atoms with E-state index in [9.17, 15) is 0 Å². The topological polar surface area (TPSA) is 94.5 Å². The van der Waals surface area contributed by atoms with Crippen molar-refractivity contribution >= 4 is 11.5 Å². The Morgan fingerprint density at radius 2 is 2.33 bits per heavy atom. The molecule has 0 fully saturated rings. The van der Waals surface area contributed by atoms with E-state index < -0.39 is 0 Å². The van der Waals surface area contributed by atoms with Crippen LogP contribution in [0.3, 0.4) is 0 Å². The fraction of sp³-hybridized carbons (Fsp3) is 0.600. The molecule has 2 heterocycles. The van der Waals surface area contributed by atoms with Crippen LogP contribution in [-0.4, -0.2) is 24.4 Å². The standard InChI is InChI=1S/C10H17N7S/c1-7(2)5-17-10(12-6-14-17)3-8(15-11)9-4-13-16-18-9/h4,6-8,15H,3,5,11H2,1-2H3. The molecule has 0 aliphatic carbocycles. The van der Waals surface area contributed by atoms with E-state index in [1.807, 2.05) is 4.68 Å². The highest BCUT2D eigenvalue weighted by Crippen LogP contribution is 2.18. The average Bonchev–Trinajstić information content (AvgIpc) is 2.96. The van der Waals surface area contributed by atoms with Crippen LogP contribution in [0.25, 0.3) is 0 Å². The van der Waals surface area contributed by atoms with Crippen molar-refractivity contribution in [3.05, 3.63) is 23.2 Å².